The fraction of sp³-hybridized carbons (Fsp3) is 1.00. The third-order valence-corrected chi connectivity index (χ3v) is 5.80. The lowest BCUT2D eigenvalue weighted by molar-refractivity contribution is 0.204. The molecule has 0 amide bonds. The lowest BCUT2D eigenvalue weighted by Crippen LogP contribution is -2.02. The number of unbranched alkanes of at least 4 members (excludes halogenated alkanes) is 13. The minimum absolute atomic E-state index is 0.169. The average molecular weight is 349 g/mol. The van der Waals surface area contributed by atoms with Gasteiger partial charge < -0.3 is 9.42 Å². The molecule has 140 valence electrons. The lowest BCUT2D eigenvalue weighted by Gasteiger charge is -2.14. The van der Waals surface area contributed by atoms with E-state index in [-0.39, 0.29) is 6.10 Å². The Labute approximate surface area is 145 Å². The van der Waals surface area contributed by atoms with E-state index in [1.54, 1.807) is 13.8 Å². The maximum Gasteiger partial charge on any atom is 0.328 e. The van der Waals surface area contributed by atoms with E-state index in [1.807, 2.05) is 0 Å². The van der Waals surface area contributed by atoms with Crippen LogP contribution in [0.2, 0.25) is 0 Å². The molecule has 4 heteroatoms. The second kappa shape index (κ2) is 15.7. The van der Waals surface area contributed by atoms with Crippen molar-refractivity contribution in [1.29, 1.82) is 0 Å². The number of hydrogen-bond donors (Lipinski definition) is 1. The summed E-state index contributed by atoms with van der Waals surface area (Å²) in [6.07, 6.45) is 18.3. The highest BCUT2D eigenvalue weighted by Gasteiger charge is 2.19. The summed E-state index contributed by atoms with van der Waals surface area (Å²) in [6.45, 7) is 5.87. The van der Waals surface area contributed by atoms with Gasteiger partial charge in [0.2, 0.25) is 0 Å². The van der Waals surface area contributed by atoms with E-state index >= 15 is 0 Å². The van der Waals surface area contributed by atoms with E-state index in [0.29, 0.717) is 6.16 Å². The summed E-state index contributed by atoms with van der Waals surface area (Å²) in [5.41, 5.74) is 0. The maximum atomic E-state index is 11.7. The average Bonchev–Trinajstić information content (AvgIpc) is 2.46. The van der Waals surface area contributed by atoms with Crippen molar-refractivity contribution >= 4 is 7.60 Å². The molecule has 1 unspecified atom stereocenters. The van der Waals surface area contributed by atoms with Gasteiger partial charge in [0.1, 0.15) is 0 Å². The van der Waals surface area contributed by atoms with Crippen molar-refractivity contribution in [2.24, 2.45) is 0 Å². The molecule has 0 saturated carbocycles. The summed E-state index contributed by atoms with van der Waals surface area (Å²) < 4.78 is 16.7. The molecule has 0 heterocycles. The van der Waals surface area contributed by atoms with Crippen LogP contribution >= 0.6 is 7.60 Å². The first-order chi connectivity index (χ1) is 11.0. The SMILES string of the molecule is CCCCCCCCCCCCCCCCP(=O)(O)OC(C)C. The van der Waals surface area contributed by atoms with Gasteiger partial charge in [-0.25, -0.2) is 0 Å². The fourth-order valence-corrected chi connectivity index (χ4v) is 4.28. The van der Waals surface area contributed by atoms with E-state index in [2.05, 4.69) is 6.92 Å². The zero-order valence-electron chi connectivity index (χ0n) is 15.9. The van der Waals surface area contributed by atoms with Crippen LogP contribution in [0.15, 0.2) is 0 Å². The van der Waals surface area contributed by atoms with Crippen LogP contribution < -0.4 is 0 Å². The van der Waals surface area contributed by atoms with Crippen molar-refractivity contribution in [2.75, 3.05) is 6.16 Å². The molecular formula is C19H41O3P. The van der Waals surface area contributed by atoms with Gasteiger partial charge in [-0.05, 0) is 20.3 Å². The van der Waals surface area contributed by atoms with Crippen LogP contribution in [0.3, 0.4) is 0 Å². The largest absolute Gasteiger partial charge is 0.328 e. The Bertz CT molecular complexity index is 292. The van der Waals surface area contributed by atoms with Gasteiger partial charge in [-0.1, -0.05) is 90.4 Å². The fourth-order valence-electron chi connectivity index (χ4n) is 2.89. The van der Waals surface area contributed by atoms with Gasteiger partial charge in [0, 0.05) is 6.16 Å². The molecule has 0 fully saturated rings. The highest BCUT2D eigenvalue weighted by molar-refractivity contribution is 7.52. The van der Waals surface area contributed by atoms with Gasteiger partial charge in [-0.3, -0.25) is 4.57 Å². The molecule has 0 saturated heterocycles. The molecule has 0 aliphatic heterocycles. The molecule has 3 nitrogen and oxygen atoms in total. The molecule has 0 aromatic rings. The Morgan fingerprint density at radius 2 is 1.09 bits per heavy atom. The second-order valence-electron chi connectivity index (χ2n) is 7.11. The van der Waals surface area contributed by atoms with Crippen molar-refractivity contribution in [3.05, 3.63) is 0 Å². The summed E-state index contributed by atoms with van der Waals surface area (Å²) >= 11 is 0. The topological polar surface area (TPSA) is 46.5 Å². The van der Waals surface area contributed by atoms with Crippen molar-refractivity contribution in [3.8, 4) is 0 Å². The van der Waals surface area contributed by atoms with Crippen molar-refractivity contribution < 1.29 is 14.0 Å². The molecule has 0 aliphatic carbocycles. The maximum absolute atomic E-state index is 11.7. The van der Waals surface area contributed by atoms with Crippen LogP contribution in [0, 0.1) is 0 Å². The molecule has 0 spiro atoms. The summed E-state index contributed by atoms with van der Waals surface area (Å²) in [5.74, 6) is 0. The summed E-state index contributed by atoms with van der Waals surface area (Å²) in [5, 5.41) is 0. The molecule has 1 atom stereocenters. The van der Waals surface area contributed by atoms with E-state index in [0.717, 1.165) is 12.8 Å². The van der Waals surface area contributed by atoms with Crippen molar-refractivity contribution in [1.82, 2.24) is 0 Å². The predicted octanol–water partition coefficient (Wildman–Crippen LogP) is 7.08. The molecule has 0 aromatic carbocycles. The van der Waals surface area contributed by atoms with Gasteiger partial charge in [-0.15, -0.1) is 0 Å². The Morgan fingerprint density at radius 1 is 0.739 bits per heavy atom. The van der Waals surface area contributed by atoms with E-state index < -0.39 is 7.60 Å². The third-order valence-electron chi connectivity index (χ3n) is 4.17. The van der Waals surface area contributed by atoms with Gasteiger partial charge in [-0.2, -0.15) is 0 Å². The summed E-state index contributed by atoms with van der Waals surface area (Å²) in [6, 6.07) is 0. The molecule has 0 bridgehead atoms. The van der Waals surface area contributed by atoms with Crippen LogP contribution in [-0.4, -0.2) is 17.2 Å². The van der Waals surface area contributed by atoms with Crippen LogP contribution in [0.25, 0.3) is 0 Å². The highest BCUT2D eigenvalue weighted by Crippen LogP contribution is 2.44. The predicted molar refractivity (Wildman–Crippen MR) is 101 cm³/mol. The zero-order chi connectivity index (χ0) is 17.4. The Kier molecular flexibility index (Phi) is 15.8. The minimum Gasteiger partial charge on any atom is -0.324 e. The second-order valence-corrected chi connectivity index (χ2v) is 9.04. The van der Waals surface area contributed by atoms with E-state index in [1.165, 1.54) is 77.0 Å². The first kappa shape index (κ1) is 23.1. The summed E-state index contributed by atoms with van der Waals surface area (Å²) in [7, 11) is -3.33. The Hall–Kier alpha value is 0.150. The molecule has 0 aliphatic rings. The van der Waals surface area contributed by atoms with Crippen LogP contribution in [0.4, 0.5) is 0 Å². The first-order valence-corrected chi connectivity index (χ1v) is 11.7. The van der Waals surface area contributed by atoms with Gasteiger partial charge in [0.15, 0.2) is 0 Å². The minimum atomic E-state index is -3.33. The first-order valence-electron chi connectivity index (χ1n) is 9.98. The third kappa shape index (κ3) is 18.3. The van der Waals surface area contributed by atoms with Gasteiger partial charge >= 0.3 is 7.60 Å². The number of hydrogen-bond acceptors (Lipinski definition) is 2. The van der Waals surface area contributed by atoms with Gasteiger partial charge in [0.25, 0.3) is 0 Å². The zero-order valence-corrected chi connectivity index (χ0v) is 16.8. The normalized spacial score (nSPS) is 14.3. The van der Waals surface area contributed by atoms with Crippen LogP contribution in [-0.2, 0) is 9.09 Å². The molecule has 0 radical (unpaired) electrons. The Balaban J connectivity index is 3.20. The molecular weight excluding hydrogens is 307 g/mol. The Morgan fingerprint density at radius 3 is 1.43 bits per heavy atom. The van der Waals surface area contributed by atoms with E-state index in [4.69, 9.17) is 4.52 Å². The smallest absolute Gasteiger partial charge is 0.324 e. The van der Waals surface area contributed by atoms with E-state index in [9.17, 15) is 9.46 Å². The van der Waals surface area contributed by atoms with Crippen LogP contribution in [0.5, 0.6) is 0 Å². The van der Waals surface area contributed by atoms with Crippen molar-refractivity contribution in [3.63, 3.8) is 0 Å². The molecule has 1 N–H and O–H groups in total. The highest BCUT2D eigenvalue weighted by atomic mass is 31.2. The molecule has 0 rings (SSSR count). The van der Waals surface area contributed by atoms with Crippen molar-refractivity contribution in [2.45, 2.75) is 117 Å². The lowest BCUT2D eigenvalue weighted by atomic mass is 10.0. The quantitative estimate of drug-likeness (QED) is 0.226. The standard InChI is InChI=1S/C19H41O3P/c1-4-5-6-7-8-9-10-11-12-13-14-15-16-17-18-23(20,21)22-19(2)3/h19H,4-18H2,1-3H3,(H,20,21). The van der Waals surface area contributed by atoms with Crippen LogP contribution in [0.1, 0.15) is 111 Å². The molecule has 23 heavy (non-hydrogen) atoms. The summed E-state index contributed by atoms with van der Waals surface area (Å²) in [4.78, 5) is 9.61. The van der Waals surface area contributed by atoms with Gasteiger partial charge in [0.05, 0.1) is 6.10 Å². The molecule has 0 aromatic heterocycles. The monoisotopic (exact) mass is 348 g/mol. The number of rotatable bonds is 17.